The minimum atomic E-state index is -0.386. The first-order valence-electron chi connectivity index (χ1n) is 7.32. The summed E-state index contributed by atoms with van der Waals surface area (Å²) in [6, 6.07) is 5.58. The Hall–Kier alpha value is -1.24. The van der Waals surface area contributed by atoms with Crippen molar-refractivity contribution in [1.82, 2.24) is 10.2 Å². The summed E-state index contributed by atoms with van der Waals surface area (Å²) in [6.45, 7) is 4.33. The average molecular weight is 340 g/mol. The molecule has 3 rings (SSSR count). The smallest absolute Gasteiger partial charge is 0.238 e. The summed E-state index contributed by atoms with van der Waals surface area (Å²) in [6.07, 6.45) is 0.225. The summed E-state index contributed by atoms with van der Waals surface area (Å²) >= 11 is 7.37. The van der Waals surface area contributed by atoms with Crippen molar-refractivity contribution in [1.29, 1.82) is 0 Å². The lowest BCUT2D eigenvalue weighted by Gasteiger charge is -2.35. The second-order valence-corrected chi connectivity index (χ2v) is 7.26. The van der Waals surface area contributed by atoms with Crippen LogP contribution in [0.15, 0.2) is 23.1 Å². The zero-order valence-electron chi connectivity index (χ0n) is 12.3. The van der Waals surface area contributed by atoms with Crippen molar-refractivity contribution >= 4 is 40.9 Å². The van der Waals surface area contributed by atoms with Gasteiger partial charge in [0.25, 0.3) is 0 Å². The first-order chi connectivity index (χ1) is 10.5. The molecule has 0 saturated carbocycles. The van der Waals surface area contributed by atoms with Crippen LogP contribution in [0, 0.1) is 0 Å². The molecule has 0 aliphatic carbocycles. The number of nitrogens with zero attached hydrogens (tertiary/aromatic N) is 1. The first-order valence-corrected chi connectivity index (χ1v) is 8.57. The largest absolute Gasteiger partial charge is 0.337 e. The van der Waals surface area contributed by atoms with Gasteiger partial charge >= 0.3 is 0 Å². The zero-order chi connectivity index (χ0) is 15.7. The summed E-state index contributed by atoms with van der Waals surface area (Å²) in [5.74, 6) is -0.0880. The van der Waals surface area contributed by atoms with Crippen LogP contribution in [0.2, 0.25) is 5.02 Å². The van der Waals surface area contributed by atoms with Crippen molar-refractivity contribution in [2.24, 2.45) is 0 Å². The lowest BCUT2D eigenvalue weighted by Crippen LogP contribution is -2.53. The van der Waals surface area contributed by atoms with Crippen LogP contribution < -0.4 is 10.6 Å². The van der Waals surface area contributed by atoms with Crippen LogP contribution in [0.5, 0.6) is 0 Å². The van der Waals surface area contributed by atoms with Gasteiger partial charge in [0.05, 0.1) is 10.9 Å². The van der Waals surface area contributed by atoms with E-state index in [4.69, 9.17) is 11.6 Å². The van der Waals surface area contributed by atoms with Gasteiger partial charge in [-0.25, -0.2) is 0 Å². The fourth-order valence-corrected chi connectivity index (χ4v) is 4.00. The number of thioether (sulfide) groups is 1. The maximum Gasteiger partial charge on any atom is 0.238 e. The Kier molecular flexibility index (Phi) is 4.61. The molecule has 2 amide bonds. The molecular weight excluding hydrogens is 322 g/mol. The molecule has 2 atom stereocenters. The second-order valence-electron chi connectivity index (χ2n) is 5.58. The topological polar surface area (TPSA) is 61.4 Å². The minimum Gasteiger partial charge on any atom is -0.337 e. The molecule has 1 saturated heterocycles. The van der Waals surface area contributed by atoms with Crippen LogP contribution in [-0.2, 0) is 9.59 Å². The number of hydrogen-bond donors (Lipinski definition) is 2. The molecule has 0 spiro atoms. The molecule has 1 fully saturated rings. The molecule has 118 valence electrons. The molecular formula is C15H18ClN3O2S. The van der Waals surface area contributed by atoms with Gasteiger partial charge in [-0.3, -0.25) is 9.59 Å². The number of hydrogen-bond acceptors (Lipinski definition) is 4. The van der Waals surface area contributed by atoms with Crippen molar-refractivity contribution in [2.75, 3.05) is 25.0 Å². The average Bonchev–Trinajstić information content (AvgIpc) is 2.48. The van der Waals surface area contributed by atoms with Crippen molar-refractivity contribution in [3.8, 4) is 0 Å². The van der Waals surface area contributed by atoms with Crippen molar-refractivity contribution < 1.29 is 9.59 Å². The number of fused-ring (bicyclic) bond motifs is 1. The Morgan fingerprint density at radius 2 is 2.32 bits per heavy atom. The zero-order valence-corrected chi connectivity index (χ0v) is 13.8. The van der Waals surface area contributed by atoms with Crippen molar-refractivity contribution in [3.05, 3.63) is 23.2 Å². The lowest BCUT2D eigenvalue weighted by molar-refractivity contribution is -0.135. The highest BCUT2D eigenvalue weighted by atomic mass is 35.5. The molecule has 5 nitrogen and oxygen atoms in total. The number of carbonyl (C=O) groups is 2. The fourth-order valence-electron chi connectivity index (χ4n) is 2.74. The number of halogens is 1. The quantitative estimate of drug-likeness (QED) is 0.864. The number of piperazine rings is 1. The predicted molar refractivity (Wildman–Crippen MR) is 88.4 cm³/mol. The number of nitrogens with one attached hydrogen (secondary N) is 2. The highest BCUT2D eigenvalue weighted by Crippen LogP contribution is 2.38. The number of amides is 2. The van der Waals surface area contributed by atoms with E-state index in [1.807, 2.05) is 17.9 Å². The normalized spacial score (nSPS) is 24.6. The van der Waals surface area contributed by atoms with Crippen LogP contribution in [0.4, 0.5) is 5.69 Å². The highest BCUT2D eigenvalue weighted by Gasteiger charge is 2.32. The van der Waals surface area contributed by atoms with Gasteiger partial charge < -0.3 is 15.5 Å². The fraction of sp³-hybridized carbons (Fsp3) is 0.467. The van der Waals surface area contributed by atoms with E-state index in [2.05, 4.69) is 10.6 Å². The summed E-state index contributed by atoms with van der Waals surface area (Å²) in [7, 11) is 0. The van der Waals surface area contributed by atoms with Crippen LogP contribution in [0.3, 0.4) is 0 Å². The number of benzene rings is 1. The summed E-state index contributed by atoms with van der Waals surface area (Å²) in [5, 5.41) is 6.30. The van der Waals surface area contributed by atoms with E-state index >= 15 is 0 Å². The molecule has 0 bridgehead atoms. The Balaban J connectivity index is 1.69. The van der Waals surface area contributed by atoms with E-state index in [1.165, 1.54) is 11.8 Å². The monoisotopic (exact) mass is 339 g/mol. The first kappa shape index (κ1) is 15.6. The Labute approximate surface area is 138 Å². The van der Waals surface area contributed by atoms with Crippen molar-refractivity contribution in [2.45, 2.75) is 29.5 Å². The number of rotatable bonds is 2. The van der Waals surface area contributed by atoms with E-state index in [0.717, 1.165) is 23.7 Å². The van der Waals surface area contributed by atoms with Gasteiger partial charge in [-0.2, -0.15) is 0 Å². The standard InChI is InChI=1S/C15H18ClN3O2S/c1-9-8-17-4-5-19(9)14(20)7-13-15(21)18-11-6-10(16)2-3-12(11)22-13/h2-3,6,9,13,17H,4-5,7-8H2,1H3,(H,18,21)/t9-,13?/m1/s1. The molecule has 0 radical (unpaired) electrons. The third-order valence-electron chi connectivity index (χ3n) is 3.94. The van der Waals surface area contributed by atoms with Gasteiger partial charge in [-0.05, 0) is 25.1 Å². The predicted octanol–water partition coefficient (Wildman–Crippen LogP) is 1.96. The van der Waals surface area contributed by atoms with Crippen LogP contribution in [0.1, 0.15) is 13.3 Å². The van der Waals surface area contributed by atoms with Crippen molar-refractivity contribution in [3.63, 3.8) is 0 Å². The third kappa shape index (κ3) is 3.24. The molecule has 2 N–H and O–H groups in total. The minimum absolute atomic E-state index is 0.0408. The molecule has 0 aromatic heterocycles. The Morgan fingerprint density at radius 3 is 3.09 bits per heavy atom. The van der Waals surface area contributed by atoms with Crippen LogP contribution in [-0.4, -0.2) is 47.6 Å². The Bertz CT molecular complexity index is 610. The second kappa shape index (κ2) is 6.48. The van der Waals surface area contributed by atoms with Gasteiger partial charge in [0.15, 0.2) is 0 Å². The van der Waals surface area contributed by atoms with Crippen LogP contribution >= 0.6 is 23.4 Å². The van der Waals surface area contributed by atoms with E-state index < -0.39 is 0 Å². The van der Waals surface area contributed by atoms with Gasteiger partial charge in [0, 0.05) is 42.0 Å². The highest BCUT2D eigenvalue weighted by molar-refractivity contribution is 8.01. The van der Waals surface area contributed by atoms with Gasteiger partial charge in [-0.15, -0.1) is 11.8 Å². The molecule has 2 aliphatic heterocycles. The maximum atomic E-state index is 12.5. The van der Waals surface area contributed by atoms with E-state index in [1.54, 1.807) is 12.1 Å². The maximum absolute atomic E-state index is 12.5. The van der Waals surface area contributed by atoms with E-state index in [9.17, 15) is 9.59 Å². The molecule has 2 heterocycles. The SMILES string of the molecule is C[C@@H]1CNCCN1C(=O)CC1Sc2ccc(Cl)cc2NC1=O. The molecule has 1 unspecified atom stereocenters. The molecule has 1 aromatic carbocycles. The van der Waals surface area contributed by atoms with E-state index in [-0.39, 0.29) is 29.5 Å². The van der Waals surface area contributed by atoms with Gasteiger partial charge in [0.1, 0.15) is 0 Å². The molecule has 1 aromatic rings. The summed E-state index contributed by atoms with van der Waals surface area (Å²) in [4.78, 5) is 27.5. The lowest BCUT2D eigenvalue weighted by atomic mass is 10.1. The molecule has 22 heavy (non-hydrogen) atoms. The summed E-state index contributed by atoms with van der Waals surface area (Å²) in [5.41, 5.74) is 0.724. The number of anilines is 1. The molecule has 2 aliphatic rings. The van der Waals surface area contributed by atoms with E-state index in [0.29, 0.717) is 11.6 Å². The van der Waals surface area contributed by atoms with Crippen LogP contribution in [0.25, 0.3) is 0 Å². The summed E-state index contributed by atoms with van der Waals surface area (Å²) < 4.78 is 0. The number of carbonyl (C=O) groups excluding carboxylic acids is 2. The van der Waals surface area contributed by atoms with Gasteiger partial charge in [-0.1, -0.05) is 11.6 Å². The molecule has 7 heteroatoms. The van der Waals surface area contributed by atoms with Gasteiger partial charge in [0.2, 0.25) is 11.8 Å². The third-order valence-corrected chi connectivity index (χ3v) is 5.45. The Morgan fingerprint density at radius 1 is 1.50 bits per heavy atom.